The van der Waals surface area contributed by atoms with Crippen LogP contribution in [0.15, 0.2) is 53.7 Å². The Morgan fingerprint density at radius 2 is 1.80 bits per heavy atom. The van der Waals surface area contributed by atoms with Gasteiger partial charge in [0.15, 0.2) is 5.16 Å². The van der Waals surface area contributed by atoms with Crippen molar-refractivity contribution in [2.24, 2.45) is 0 Å². The highest BCUT2D eigenvalue weighted by atomic mass is 32.2. The third-order valence-electron chi connectivity index (χ3n) is 5.98. The van der Waals surface area contributed by atoms with Crippen molar-refractivity contribution < 1.29 is 4.79 Å². The second-order valence-corrected chi connectivity index (χ2v) is 9.20. The average molecular weight is 419 g/mol. The lowest BCUT2D eigenvalue weighted by Crippen LogP contribution is -2.41. The van der Waals surface area contributed by atoms with E-state index < -0.39 is 0 Å². The van der Waals surface area contributed by atoms with Gasteiger partial charge in [-0.25, -0.2) is 9.97 Å². The largest absolute Gasteiger partial charge is 0.352 e. The van der Waals surface area contributed by atoms with Gasteiger partial charge in [0.25, 0.3) is 0 Å². The number of benzene rings is 2. The maximum atomic E-state index is 13.1. The van der Waals surface area contributed by atoms with Gasteiger partial charge in [-0.1, -0.05) is 62.2 Å². The number of fused-ring (bicyclic) bond motifs is 5. The summed E-state index contributed by atoms with van der Waals surface area (Å²) < 4.78 is 2.11. The van der Waals surface area contributed by atoms with Crippen LogP contribution in [0.2, 0.25) is 0 Å². The standard InChI is InChI=1S/C24H26N4OS/c1-2-21(23(29)25-16-10-4-3-5-11-16)30-24-27-18-13-7-6-12-17(18)22-26-19-14-8-9-15-20(19)28(22)24/h6-9,12-16,21H,2-5,10-11H2,1H3,(H,25,29)/t21-/m0/s1. The highest BCUT2D eigenvalue weighted by Crippen LogP contribution is 2.32. The van der Waals surface area contributed by atoms with E-state index in [4.69, 9.17) is 9.97 Å². The summed E-state index contributed by atoms with van der Waals surface area (Å²) in [5, 5.41) is 4.97. The minimum absolute atomic E-state index is 0.127. The summed E-state index contributed by atoms with van der Waals surface area (Å²) in [7, 11) is 0. The van der Waals surface area contributed by atoms with Crippen molar-refractivity contribution in [3.63, 3.8) is 0 Å². The van der Waals surface area contributed by atoms with Crippen LogP contribution in [0, 0.1) is 0 Å². The summed E-state index contributed by atoms with van der Waals surface area (Å²) >= 11 is 1.55. The fourth-order valence-electron chi connectivity index (χ4n) is 4.38. The summed E-state index contributed by atoms with van der Waals surface area (Å²) in [6.45, 7) is 2.07. The van der Waals surface area contributed by atoms with E-state index in [1.807, 2.05) is 36.4 Å². The zero-order chi connectivity index (χ0) is 20.5. The number of carbonyl (C=O) groups excluding carboxylic acids is 1. The van der Waals surface area contributed by atoms with E-state index in [9.17, 15) is 4.79 Å². The van der Waals surface area contributed by atoms with Gasteiger partial charge in [-0.05, 0) is 43.5 Å². The molecule has 5 rings (SSSR count). The molecule has 0 bridgehead atoms. The molecule has 30 heavy (non-hydrogen) atoms. The van der Waals surface area contributed by atoms with Gasteiger partial charge in [0.1, 0.15) is 5.65 Å². The molecule has 0 unspecified atom stereocenters. The number of nitrogens with one attached hydrogen (secondary N) is 1. The average Bonchev–Trinajstić information content (AvgIpc) is 3.18. The van der Waals surface area contributed by atoms with Crippen molar-refractivity contribution in [1.29, 1.82) is 0 Å². The molecule has 6 heteroatoms. The third kappa shape index (κ3) is 3.54. The summed E-state index contributed by atoms with van der Waals surface area (Å²) in [6.07, 6.45) is 6.65. The molecule has 1 atom stereocenters. The van der Waals surface area contributed by atoms with Crippen molar-refractivity contribution in [2.75, 3.05) is 0 Å². The third-order valence-corrected chi connectivity index (χ3v) is 7.29. The van der Waals surface area contributed by atoms with E-state index in [1.165, 1.54) is 19.3 Å². The van der Waals surface area contributed by atoms with Gasteiger partial charge in [0.2, 0.25) is 5.91 Å². The Bertz CT molecular complexity index is 1210. The van der Waals surface area contributed by atoms with Crippen LogP contribution in [0.5, 0.6) is 0 Å². The zero-order valence-electron chi connectivity index (χ0n) is 17.2. The van der Waals surface area contributed by atoms with Crippen LogP contribution in [0.1, 0.15) is 45.4 Å². The number of thioether (sulfide) groups is 1. The lowest BCUT2D eigenvalue weighted by atomic mass is 9.95. The van der Waals surface area contributed by atoms with E-state index in [0.29, 0.717) is 6.04 Å². The Labute approximate surface area is 180 Å². The van der Waals surface area contributed by atoms with Gasteiger partial charge in [-0.2, -0.15) is 0 Å². The van der Waals surface area contributed by atoms with Gasteiger partial charge < -0.3 is 5.32 Å². The minimum atomic E-state index is -0.176. The van der Waals surface area contributed by atoms with Gasteiger partial charge in [0.05, 0.1) is 21.8 Å². The van der Waals surface area contributed by atoms with Crippen LogP contribution in [0.4, 0.5) is 0 Å². The Balaban J connectivity index is 1.55. The van der Waals surface area contributed by atoms with Crippen LogP contribution in [0.3, 0.4) is 0 Å². The zero-order valence-corrected chi connectivity index (χ0v) is 18.0. The Kier molecular flexibility index (Phi) is 5.34. The number of para-hydroxylation sites is 3. The molecular formula is C24H26N4OS. The molecule has 0 saturated heterocycles. The molecule has 5 nitrogen and oxygen atoms in total. The maximum Gasteiger partial charge on any atom is 0.233 e. The molecule has 0 aliphatic heterocycles. The molecule has 1 fully saturated rings. The summed E-state index contributed by atoms with van der Waals surface area (Å²) in [5.74, 6) is 0.127. The first-order chi connectivity index (χ1) is 14.7. The topological polar surface area (TPSA) is 59.3 Å². The molecular weight excluding hydrogens is 392 g/mol. The second kappa shape index (κ2) is 8.26. The van der Waals surface area contributed by atoms with E-state index in [0.717, 1.165) is 52.0 Å². The predicted molar refractivity (Wildman–Crippen MR) is 123 cm³/mol. The van der Waals surface area contributed by atoms with Gasteiger partial charge in [-0.3, -0.25) is 9.20 Å². The molecule has 1 aliphatic carbocycles. The molecule has 1 N–H and O–H groups in total. The second-order valence-electron chi connectivity index (χ2n) is 8.03. The van der Waals surface area contributed by atoms with Gasteiger partial charge in [0, 0.05) is 11.4 Å². The van der Waals surface area contributed by atoms with Crippen molar-refractivity contribution in [3.05, 3.63) is 48.5 Å². The smallest absolute Gasteiger partial charge is 0.233 e. The van der Waals surface area contributed by atoms with Gasteiger partial charge >= 0.3 is 0 Å². The first-order valence-corrected chi connectivity index (χ1v) is 11.8. The Hall–Kier alpha value is -2.60. The molecule has 0 spiro atoms. The number of amides is 1. The first kappa shape index (κ1) is 19.4. The number of aromatic nitrogens is 3. The van der Waals surface area contributed by atoms with Crippen LogP contribution >= 0.6 is 11.8 Å². The number of carbonyl (C=O) groups is 1. The number of hydrogen-bond donors (Lipinski definition) is 1. The van der Waals surface area contributed by atoms with Crippen LogP contribution in [0.25, 0.3) is 27.6 Å². The Morgan fingerprint density at radius 1 is 1.07 bits per heavy atom. The van der Waals surface area contributed by atoms with Crippen LogP contribution in [-0.2, 0) is 4.79 Å². The fraction of sp³-hybridized carbons (Fsp3) is 0.375. The van der Waals surface area contributed by atoms with Crippen LogP contribution in [-0.4, -0.2) is 31.6 Å². The molecule has 1 aliphatic rings. The van der Waals surface area contributed by atoms with Crippen molar-refractivity contribution >= 4 is 45.3 Å². The summed E-state index contributed by atoms with van der Waals surface area (Å²) in [5.41, 5.74) is 3.77. The van der Waals surface area contributed by atoms with E-state index in [-0.39, 0.29) is 11.2 Å². The lowest BCUT2D eigenvalue weighted by Gasteiger charge is -2.25. The number of hydrogen-bond acceptors (Lipinski definition) is 4. The molecule has 154 valence electrons. The SMILES string of the molecule is CC[C@H](Sc1nc2ccccc2c2nc3ccccc3n12)C(=O)NC1CCCCC1. The van der Waals surface area contributed by atoms with E-state index in [2.05, 4.69) is 28.8 Å². The lowest BCUT2D eigenvalue weighted by molar-refractivity contribution is -0.121. The molecule has 2 heterocycles. The number of imidazole rings is 1. The Morgan fingerprint density at radius 3 is 2.60 bits per heavy atom. The monoisotopic (exact) mass is 418 g/mol. The summed E-state index contributed by atoms with van der Waals surface area (Å²) in [4.78, 5) is 22.9. The normalized spacial score (nSPS) is 16.3. The van der Waals surface area contributed by atoms with Crippen molar-refractivity contribution in [2.45, 2.75) is 61.9 Å². The molecule has 1 amide bonds. The predicted octanol–water partition coefficient (Wildman–Crippen LogP) is 5.36. The fourth-order valence-corrected chi connectivity index (χ4v) is 5.42. The molecule has 0 radical (unpaired) electrons. The quantitative estimate of drug-likeness (QED) is 0.350. The molecule has 1 saturated carbocycles. The van der Waals surface area contributed by atoms with E-state index >= 15 is 0 Å². The van der Waals surface area contributed by atoms with Gasteiger partial charge in [-0.15, -0.1) is 0 Å². The number of rotatable bonds is 5. The molecule has 4 aromatic rings. The maximum absolute atomic E-state index is 13.1. The molecule has 2 aromatic heterocycles. The van der Waals surface area contributed by atoms with Crippen molar-refractivity contribution in [1.82, 2.24) is 19.7 Å². The minimum Gasteiger partial charge on any atom is -0.352 e. The van der Waals surface area contributed by atoms with Crippen LogP contribution < -0.4 is 5.32 Å². The highest BCUT2D eigenvalue weighted by molar-refractivity contribution is 8.00. The molecule has 2 aromatic carbocycles. The number of nitrogens with zero attached hydrogens (tertiary/aromatic N) is 3. The first-order valence-electron chi connectivity index (χ1n) is 10.9. The highest BCUT2D eigenvalue weighted by Gasteiger charge is 2.25. The van der Waals surface area contributed by atoms with E-state index in [1.54, 1.807) is 11.8 Å². The van der Waals surface area contributed by atoms with Crippen molar-refractivity contribution in [3.8, 4) is 0 Å². The summed E-state index contributed by atoms with van der Waals surface area (Å²) in [6, 6.07) is 16.5.